The van der Waals surface area contributed by atoms with Gasteiger partial charge >= 0.3 is 0 Å². The summed E-state index contributed by atoms with van der Waals surface area (Å²) in [5.41, 5.74) is 3.76. The molecule has 2 aromatic rings. The van der Waals surface area contributed by atoms with Gasteiger partial charge in [-0.2, -0.15) is 17.0 Å². The number of allylic oxidation sites excluding steroid dienone is 1. The first-order valence-electron chi connectivity index (χ1n) is 8.96. The number of nitrogens with zero attached hydrogens (tertiary/aromatic N) is 2. The first-order chi connectivity index (χ1) is 13.3. The van der Waals surface area contributed by atoms with E-state index in [2.05, 4.69) is 35.8 Å². The molecule has 1 aliphatic rings. The van der Waals surface area contributed by atoms with Crippen molar-refractivity contribution in [2.24, 2.45) is 0 Å². The van der Waals surface area contributed by atoms with Crippen molar-refractivity contribution in [1.82, 2.24) is 4.98 Å². The Morgan fingerprint density at radius 1 is 1.26 bits per heavy atom. The summed E-state index contributed by atoms with van der Waals surface area (Å²) in [6, 6.07) is 14.6. The molecule has 2 heterocycles. The molecular formula is C21H22N2OS3. The normalized spacial score (nSPS) is 15.8. The molecule has 140 valence electrons. The zero-order valence-corrected chi connectivity index (χ0v) is 17.5. The number of hydrogen-bond donors (Lipinski definition) is 1. The van der Waals surface area contributed by atoms with Gasteiger partial charge in [0.2, 0.25) is 0 Å². The molecule has 6 heteroatoms. The Morgan fingerprint density at radius 3 is 2.81 bits per heavy atom. The van der Waals surface area contributed by atoms with E-state index in [1.54, 1.807) is 23.5 Å². The highest BCUT2D eigenvalue weighted by atomic mass is 32.2. The van der Waals surface area contributed by atoms with Crippen molar-refractivity contribution >= 4 is 35.3 Å². The molecule has 1 atom stereocenters. The van der Waals surface area contributed by atoms with Gasteiger partial charge in [-0.1, -0.05) is 48.2 Å². The first-order valence-corrected chi connectivity index (χ1v) is 12.0. The predicted octanol–water partition coefficient (Wildman–Crippen LogP) is 5.87. The quantitative estimate of drug-likeness (QED) is 0.315. The molecule has 1 aromatic carbocycles. The van der Waals surface area contributed by atoms with Gasteiger partial charge in [-0.15, -0.1) is 11.8 Å². The van der Waals surface area contributed by atoms with Gasteiger partial charge in [0.1, 0.15) is 11.1 Å². The Morgan fingerprint density at radius 2 is 2.11 bits per heavy atom. The van der Waals surface area contributed by atoms with Gasteiger partial charge in [0.15, 0.2) is 0 Å². The molecule has 0 saturated carbocycles. The zero-order chi connectivity index (χ0) is 18.9. The van der Waals surface area contributed by atoms with Crippen molar-refractivity contribution in [2.75, 3.05) is 17.4 Å². The van der Waals surface area contributed by atoms with E-state index in [9.17, 15) is 5.26 Å². The standard InChI is InChI=1S/C21H22N2OS3/c22-14-18-17(16-7-2-1-3-8-16)13-19(20-9-6-12-26-20)23-21(18)27-15-25-11-5-4-10-24/h1-3,6-8,12-13,20,24H,4-5,9-11,15H2. The minimum absolute atomic E-state index is 0.253. The minimum atomic E-state index is 0.253. The summed E-state index contributed by atoms with van der Waals surface area (Å²) in [6.07, 6.45) is 5.03. The lowest BCUT2D eigenvalue weighted by molar-refractivity contribution is 0.287. The number of aliphatic hydroxyl groups excluding tert-OH is 1. The van der Waals surface area contributed by atoms with Crippen molar-refractivity contribution in [3.8, 4) is 17.2 Å². The third-order valence-electron chi connectivity index (χ3n) is 4.20. The molecule has 27 heavy (non-hydrogen) atoms. The van der Waals surface area contributed by atoms with Crippen LogP contribution in [0.2, 0.25) is 0 Å². The van der Waals surface area contributed by atoms with Crippen LogP contribution in [0, 0.1) is 11.3 Å². The second kappa shape index (κ2) is 10.8. The minimum Gasteiger partial charge on any atom is -0.396 e. The van der Waals surface area contributed by atoms with Crippen molar-refractivity contribution in [2.45, 2.75) is 29.5 Å². The number of hydrogen-bond acceptors (Lipinski definition) is 6. The summed E-state index contributed by atoms with van der Waals surface area (Å²) in [5.74, 6) is 1.02. The summed E-state index contributed by atoms with van der Waals surface area (Å²) in [5, 5.41) is 22.9. The van der Waals surface area contributed by atoms with E-state index in [1.165, 1.54) is 0 Å². The van der Waals surface area contributed by atoms with Gasteiger partial charge in [0.25, 0.3) is 0 Å². The molecule has 0 saturated heterocycles. The summed E-state index contributed by atoms with van der Waals surface area (Å²) in [6.45, 7) is 0.253. The highest BCUT2D eigenvalue weighted by molar-refractivity contribution is 8.16. The lowest BCUT2D eigenvalue weighted by atomic mass is 10.00. The molecule has 0 amide bonds. The van der Waals surface area contributed by atoms with E-state index < -0.39 is 0 Å². The molecule has 1 aromatic heterocycles. The monoisotopic (exact) mass is 414 g/mol. The Labute approximate surface area is 173 Å². The number of thioether (sulfide) groups is 3. The van der Waals surface area contributed by atoms with E-state index in [1.807, 2.05) is 30.0 Å². The van der Waals surface area contributed by atoms with E-state index in [0.717, 1.165) is 51.9 Å². The van der Waals surface area contributed by atoms with Crippen LogP contribution in [0.5, 0.6) is 0 Å². The third-order valence-corrected chi connectivity index (χ3v) is 7.59. The van der Waals surface area contributed by atoms with E-state index in [-0.39, 0.29) is 6.61 Å². The molecule has 0 spiro atoms. The molecule has 1 unspecified atom stereocenters. The van der Waals surface area contributed by atoms with Crippen LogP contribution < -0.4 is 0 Å². The smallest absolute Gasteiger partial charge is 0.116 e. The summed E-state index contributed by atoms with van der Waals surface area (Å²) in [4.78, 5) is 4.87. The number of nitriles is 1. The second-order valence-corrected chi connectivity index (χ2v) is 9.63. The maximum absolute atomic E-state index is 9.83. The number of rotatable bonds is 9. The predicted molar refractivity (Wildman–Crippen MR) is 118 cm³/mol. The Hall–Kier alpha value is -1.39. The van der Waals surface area contributed by atoms with Gasteiger partial charge in [-0.3, -0.25) is 0 Å². The maximum atomic E-state index is 9.83. The Kier molecular flexibility index (Phi) is 8.15. The van der Waals surface area contributed by atoms with Gasteiger partial charge < -0.3 is 5.11 Å². The summed E-state index contributed by atoms with van der Waals surface area (Å²) in [7, 11) is 0. The average Bonchev–Trinajstić information content (AvgIpc) is 3.25. The average molecular weight is 415 g/mol. The van der Waals surface area contributed by atoms with Crippen LogP contribution in [0.1, 0.15) is 35.8 Å². The molecule has 0 bridgehead atoms. The first kappa shape index (κ1) is 20.3. The van der Waals surface area contributed by atoms with E-state index in [4.69, 9.17) is 10.1 Å². The maximum Gasteiger partial charge on any atom is 0.116 e. The number of unbranched alkanes of at least 4 members (excludes halogenated alkanes) is 1. The van der Waals surface area contributed by atoms with Crippen molar-refractivity contribution in [1.29, 1.82) is 5.26 Å². The van der Waals surface area contributed by atoms with Gasteiger partial charge in [0.05, 0.1) is 16.5 Å². The van der Waals surface area contributed by atoms with E-state index in [0.29, 0.717) is 10.8 Å². The highest BCUT2D eigenvalue weighted by Crippen LogP contribution is 2.41. The van der Waals surface area contributed by atoms with Crippen LogP contribution in [-0.2, 0) is 0 Å². The second-order valence-electron chi connectivity index (χ2n) is 6.09. The van der Waals surface area contributed by atoms with Crippen LogP contribution in [0.4, 0.5) is 0 Å². The van der Waals surface area contributed by atoms with Gasteiger partial charge in [-0.25, -0.2) is 4.98 Å². The van der Waals surface area contributed by atoms with Crippen molar-refractivity contribution in [3.63, 3.8) is 0 Å². The fourth-order valence-electron chi connectivity index (χ4n) is 2.81. The molecule has 0 fully saturated rings. The van der Waals surface area contributed by atoms with E-state index >= 15 is 0 Å². The number of pyridine rings is 1. The Bertz CT molecular complexity index is 810. The topological polar surface area (TPSA) is 56.9 Å². The van der Waals surface area contributed by atoms with Gasteiger partial charge in [0, 0.05) is 17.3 Å². The van der Waals surface area contributed by atoms with Crippen molar-refractivity contribution < 1.29 is 5.11 Å². The lowest BCUT2D eigenvalue weighted by Crippen LogP contribution is -2.01. The SMILES string of the molecule is N#Cc1c(-c2ccccc2)cc(C2CC=CS2)nc1SCSCCCCO. The molecular weight excluding hydrogens is 392 g/mol. The zero-order valence-electron chi connectivity index (χ0n) is 15.0. The molecule has 1 N–H and O–H groups in total. The summed E-state index contributed by atoms with van der Waals surface area (Å²) < 4.78 is 0. The molecule has 3 rings (SSSR count). The van der Waals surface area contributed by atoms with Gasteiger partial charge in [-0.05, 0) is 42.1 Å². The van der Waals surface area contributed by atoms with Crippen LogP contribution in [0.3, 0.4) is 0 Å². The lowest BCUT2D eigenvalue weighted by Gasteiger charge is -2.15. The third kappa shape index (κ3) is 5.55. The number of aromatic nitrogens is 1. The number of aliphatic hydroxyl groups is 1. The Balaban J connectivity index is 1.86. The number of benzene rings is 1. The molecule has 3 nitrogen and oxygen atoms in total. The van der Waals surface area contributed by atoms with Crippen LogP contribution in [0.15, 0.2) is 52.9 Å². The fraction of sp³-hybridized carbons (Fsp3) is 0.333. The van der Waals surface area contributed by atoms with Crippen LogP contribution in [0.25, 0.3) is 11.1 Å². The molecule has 0 aliphatic carbocycles. The molecule has 1 aliphatic heterocycles. The van der Waals surface area contributed by atoms with Crippen LogP contribution >= 0.6 is 35.3 Å². The van der Waals surface area contributed by atoms with Crippen molar-refractivity contribution in [3.05, 3.63) is 59.1 Å². The fourth-order valence-corrected chi connectivity index (χ4v) is 5.84. The summed E-state index contributed by atoms with van der Waals surface area (Å²) >= 11 is 5.28. The molecule has 0 radical (unpaired) electrons. The van der Waals surface area contributed by atoms with Crippen LogP contribution in [-0.4, -0.2) is 27.5 Å². The largest absolute Gasteiger partial charge is 0.396 e. The highest BCUT2D eigenvalue weighted by Gasteiger charge is 2.21.